The molecular formula is C19H21N3O6S. The Bertz CT molecular complexity index is 1050. The lowest BCUT2D eigenvalue weighted by Crippen LogP contribution is -2.34. The largest absolute Gasteiger partial charge is 0.482 e. The molecule has 2 aliphatic heterocycles. The van der Waals surface area contributed by atoms with Crippen molar-refractivity contribution in [1.82, 2.24) is 9.62 Å². The summed E-state index contributed by atoms with van der Waals surface area (Å²) in [5.74, 6) is 1.43. The summed E-state index contributed by atoms with van der Waals surface area (Å²) in [4.78, 5) is 13.5. The van der Waals surface area contributed by atoms with Crippen molar-refractivity contribution in [3.05, 3.63) is 42.0 Å². The van der Waals surface area contributed by atoms with Crippen LogP contribution in [0.15, 0.2) is 41.3 Å². The van der Waals surface area contributed by atoms with Gasteiger partial charge in [-0.15, -0.1) is 0 Å². The summed E-state index contributed by atoms with van der Waals surface area (Å²) in [6.45, 7) is 0.239. The number of amides is 1. The highest BCUT2D eigenvalue weighted by molar-refractivity contribution is 7.89. The van der Waals surface area contributed by atoms with Gasteiger partial charge in [0.05, 0.1) is 10.6 Å². The highest BCUT2D eigenvalue weighted by Gasteiger charge is 2.24. The quantitative estimate of drug-likeness (QED) is 0.728. The van der Waals surface area contributed by atoms with E-state index in [1.807, 2.05) is 37.2 Å². The van der Waals surface area contributed by atoms with Crippen molar-refractivity contribution in [3.8, 4) is 17.2 Å². The second-order valence-electron chi connectivity index (χ2n) is 6.94. The van der Waals surface area contributed by atoms with E-state index in [9.17, 15) is 13.2 Å². The molecule has 0 saturated carbocycles. The summed E-state index contributed by atoms with van der Waals surface area (Å²) in [6.07, 6.45) is 0. The number of hydrogen-bond acceptors (Lipinski definition) is 7. The number of carbonyl (C=O) groups is 1. The molecule has 10 heteroatoms. The zero-order valence-corrected chi connectivity index (χ0v) is 16.8. The normalized spacial score (nSPS) is 16.2. The number of benzene rings is 2. The molecule has 2 heterocycles. The van der Waals surface area contributed by atoms with Gasteiger partial charge in [-0.1, -0.05) is 6.07 Å². The molecule has 154 valence electrons. The van der Waals surface area contributed by atoms with E-state index in [1.165, 1.54) is 18.2 Å². The van der Waals surface area contributed by atoms with Gasteiger partial charge < -0.3 is 24.4 Å². The molecule has 0 aromatic heterocycles. The lowest BCUT2D eigenvalue weighted by atomic mass is 10.1. The molecule has 0 aliphatic carbocycles. The Kier molecular flexibility index (Phi) is 5.07. The van der Waals surface area contributed by atoms with Crippen LogP contribution in [0.3, 0.4) is 0 Å². The van der Waals surface area contributed by atoms with Crippen molar-refractivity contribution in [2.24, 2.45) is 0 Å². The summed E-state index contributed by atoms with van der Waals surface area (Å²) >= 11 is 0. The summed E-state index contributed by atoms with van der Waals surface area (Å²) in [6, 6.07) is 9.70. The van der Waals surface area contributed by atoms with Gasteiger partial charge in [0.25, 0.3) is 5.91 Å². The first kappa shape index (κ1) is 19.5. The van der Waals surface area contributed by atoms with Gasteiger partial charge in [-0.2, -0.15) is 0 Å². The topological polar surface area (TPSA) is 106 Å². The summed E-state index contributed by atoms with van der Waals surface area (Å²) in [5.41, 5.74) is 1.23. The minimum atomic E-state index is -3.80. The molecule has 9 nitrogen and oxygen atoms in total. The van der Waals surface area contributed by atoms with Crippen LogP contribution >= 0.6 is 0 Å². The maximum absolute atomic E-state index is 12.8. The minimum absolute atomic E-state index is 0.0465. The van der Waals surface area contributed by atoms with Gasteiger partial charge in [0.1, 0.15) is 5.75 Å². The van der Waals surface area contributed by atoms with Gasteiger partial charge in [0.15, 0.2) is 18.1 Å². The van der Waals surface area contributed by atoms with E-state index in [-0.39, 0.29) is 36.8 Å². The predicted molar refractivity (Wildman–Crippen MR) is 105 cm³/mol. The Morgan fingerprint density at radius 2 is 1.83 bits per heavy atom. The third-order valence-electron chi connectivity index (χ3n) is 4.77. The number of carbonyl (C=O) groups excluding carboxylic acids is 1. The monoisotopic (exact) mass is 419 g/mol. The standard InChI is InChI=1S/C19H21N3O6S/c1-22(2)15(12-3-5-17-18(7-12)28-11-27-17)9-20-29(24,25)13-4-6-16-14(8-13)21-19(23)10-26-16/h3-8,15,20H,9-11H2,1-2H3,(H,21,23)/t15-/m0/s1. The number of ether oxygens (including phenoxy) is 3. The van der Waals surface area contributed by atoms with E-state index in [4.69, 9.17) is 14.2 Å². The van der Waals surface area contributed by atoms with Gasteiger partial charge in [-0.25, -0.2) is 13.1 Å². The summed E-state index contributed by atoms with van der Waals surface area (Å²) < 4.78 is 44.3. The van der Waals surface area contributed by atoms with Crippen molar-refractivity contribution in [1.29, 1.82) is 0 Å². The molecule has 1 atom stereocenters. The fourth-order valence-electron chi connectivity index (χ4n) is 3.22. The number of anilines is 1. The molecule has 0 saturated heterocycles. The molecule has 0 fully saturated rings. The molecule has 4 rings (SSSR count). The van der Waals surface area contributed by atoms with Crippen molar-refractivity contribution < 1.29 is 27.4 Å². The molecule has 2 aliphatic rings. The van der Waals surface area contributed by atoms with Crippen molar-refractivity contribution >= 4 is 21.6 Å². The number of nitrogens with one attached hydrogen (secondary N) is 2. The van der Waals surface area contributed by atoms with Crippen LogP contribution in [0.1, 0.15) is 11.6 Å². The third kappa shape index (κ3) is 4.00. The SMILES string of the molecule is CN(C)[C@@H](CNS(=O)(=O)c1ccc2c(c1)NC(=O)CO2)c1ccc2c(c1)OCO2. The van der Waals surface area contributed by atoms with E-state index in [0.29, 0.717) is 22.9 Å². The van der Waals surface area contributed by atoms with E-state index in [1.54, 1.807) is 0 Å². The van der Waals surface area contributed by atoms with Gasteiger partial charge in [0, 0.05) is 12.6 Å². The van der Waals surface area contributed by atoms with E-state index >= 15 is 0 Å². The Balaban J connectivity index is 1.53. The second-order valence-corrected chi connectivity index (χ2v) is 8.71. The molecule has 29 heavy (non-hydrogen) atoms. The number of nitrogens with zero attached hydrogens (tertiary/aromatic N) is 1. The number of sulfonamides is 1. The Hall–Kier alpha value is -2.82. The van der Waals surface area contributed by atoms with Crippen molar-refractivity contribution in [3.63, 3.8) is 0 Å². The van der Waals surface area contributed by atoms with Crippen LogP contribution in [0.4, 0.5) is 5.69 Å². The predicted octanol–water partition coefficient (Wildman–Crippen LogP) is 1.33. The lowest BCUT2D eigenvalue weighted by Gasteiger charge is -2.25. The average molecular weight is 419 g/mol. The zero-order chi connectivity index (χ0) is 20.6. The van der Waals surface area contributed by atoms with E-state index < -0.39 is 10.0 Å². The highest BCUT2D eigenvalue weighted by atomic mass is 32.2. The molecule has 0 unspecified atom stereocenters. The Morgan fingerprint density at radius 3 is 2.62 bits per heavy atom. The first-order chi connectivity index (χ1) is 13.8. The zero-order valence-electron chi connectivity index (χ0n) is 16.0. The number of fused-ring (bicyclic) bond motifs is 2. The van der Waals surface area contributed by atoms with Gasteiger partial charge in [-0.3, -0.25) is 4.79 Å². The van der Waals surface area contributed by atoms with Gasteiger partial charge in [0.2, 0.25) is 16.8 Å². The molecule has 2 aromatic carbocycles. The maximum Gasteiger partial charge on any atom is 0.262 e. The first-order valence-corrected chi connectivity index (χ1v) is 10.4. The van der Waals surface area contributed by atoms with Crippen LogP contribution in [0.25, 0.3) is 0 Å². The molecule has 2 aromatic rings. The third-order valence-corrected chi connectivity index (χ3v) is 6.19. The molecule has 2 N–H and O–H groups in total. The van der Waals surface area contributed by atoms with E-state index in [0.717, 1.165) is 5.56 Å². The average Bonchev–Trinajstić information content (AvgIpc) is 3.15. The van der Waals surface area contributed by atoms with Crippen LogP contribution in [-0.2, 0) is 14.8 Å². The van der Waals surface area contributed by atoms with Crippen LogP contribution in [-0.4, -0.2) is 53.3 Å². The fraction of sp³-hybridized carbons (Fsp3) is 0.316. The van der Waals surface area contributed by atoms with Crippen LogP contribution in [0.2, 0.25) is 0 Å². The Morgan fingerprint density at radius 1 is 1.07 bits per heavy atom. The first-order valence-electron chi connectivity index (χ1n) is 8.96. The second kappa shape index (κ2) is 7.54. The molecular weight excluding hydrogens is 398 g/mol. The van der Waals surface area contributed by atoms with Crippen LogP contribution < -0.4 is 24.2 Å². The minimum Gasteiger partial charge on any atom is -0.482 e. The molecule has 1 amide bonds. The van der Waals surface area contributed by atoms with Gasteiger partial charge >= 0.3 is 0 Å². The van der Waals surface area contributed by atoms with Crippen LogP contribution in [0.5, 0.6) is 17.2 Å². The number of hydrogen-bond donors (Lipinski definition) is 2. The van der Waals surface area contributed by atoms with Gasteiger partial charge in [-0.05, 0) is 50.0 Å². The molecule has 0 bridgehead atoms. The maximum atomic E-state index is 12.8. The van der Waals surface area contributed by atoms with Crippen LogP contribution in [0, 0.1) is 0 Å². The molecule has 0 radical (unpaired) electrons. The summed E-state index contributed by atoms with van der Waals surface area (Å²) in [7, 11) is -0.0581. The van der Waals surface area contributed by atoms with E-state index in [2.05, 4.69) is 10.0 Å². The highest BCUT2D eigenvalue weighted by Crippen LogP contribution is 2.35. The Labute approximate surface area is 168 Å². The summed E-state index contributed by atoms with van der Waals surface area (Å²) in [5, 5.41) is 2.62. The fourth-order valence-corrected chi connectivity index (χ4v) is 4.28. The lowest BCUT2D eigenvalue weighted by molar-refractivity contribution is -0.118. The smallest absolute Gasteiger partial charge is 0.262 e. The van der Waals surface area contributed by atoms with Crippen molar-refractivity contribution in [2.75, 3.05) is 39.4 Å². The number of rotatable bonds is 6. The number of likely N-dealkylation sites (N-methyl/N-ethyl adjacent to an activating group) is 1. The molecule has 0 spiro atoms. The van der Waals surface area contributed by atoms with Crippen molar-refractivity contribution in [2.45, 2.75) is 10.9 Å².